The summed E-state index contributed by atoms with van der Waals surface area (Å²) in [5, 5.41) is 38.6. The van der Waals surface area contributed by atoms with Crippen LogP contribution in [0.25, 0.3) is 22.3 Å². The van der Waals surface area contributed by atoms with Gasteiger partial charge in [0.05, 0.1) is 24.2 Å². The minimum atomic E-state index is -1.68. The first-order chi connectivity index (χ1) is 12.3. The smallest absolute Gasteiger partial charge is 0.327 e. The second-order valence-electron chi connectivity index (χ2n) is 5.95. The second kappa shape index (κ2) is 6.84. The van der Waals surface area contributed by atoms with E-state index in [2.05, 4.69) is 9.97 Å². The quantitative estimate of drug-likeness (QED) is 0.274. The molecule has 3 rings (SSSR count). The molecule has 138 valence electrons. The van der Waals surface area contributed by atoms with Crippen LogP contribution in [0.15, 0.2) is 38.6 Å². The van der Waals surface area contributed by atoms with Gasteiger partial charge in [-0.2, -0.15) is 0 Å². The van der Waals surface area contributed by atoms with Gasteiger partial charge in [-0.25, -0.2) is 4.79 Å². The lowest BCUT2D eigenvalue weighted by Crippen LogP contribution is -2.42. The lowest BCUT2D eigenvalue weighted by Gasteiger charge is -2.25. The van der Waals surface area contributed by atoms with Crippen LogP contribution in [0.3, 0.4) is 0 Å². The first-order valence-corrected chi connectivity index (χ1v) is 7.77. The number of aromatic amines is 2. The number of fused-ring (bicyclic) bond motifs is 2. The Kier molecular flexibility index (Phi) is 4.74. The molecule has 26 heavy (non-hydrogen) atoms. The maximum atomic E-state index is 12.1. The van der Waals surface area contributed by atoms with E-state index in [0.29, 0.717) is 11.3 Å². The van der Waals surface area contributed by atoms with E-state index in [1.165, 1.54) is 28.8 Å². The van der Waals surface area contributed by atoms with E-state index in [1.54, 1.807) is 0 Å². The Labute approximate surface area is 145 Å². The summed E-state index contributed by atoms with van der Waals surface area (Å²) in [6.45, 7) is -1.12. The summed E-state index contributed by atoms with van der Waals surface area (Å²) in [4.78, 5) is 40.0. The van der Waals surface area contributed by atoms with E-state index >= 15 is 0 Å². The van der Waals surface area contributed by atoms with Gasteiger partial charge in [0.1, 0.15) is 24.0 Å². The molecule has 0 fully saturated rings. The van der Waals surface area contributed by atoms with Crippen LogP contribution in [-0.4, -0.2) is 59.9 Å². The average molecular weight is 363 g/mol. The number of rotatable bonds is 5. The molecule has 6 N–H and O–H groups in total. The number of nitrogens with one attached hydrogen (secondary N) is 2. The maximum Gasteiger partial charge on any atom is 0.327 e. The maximum absolute atomic E-state index is 12.1. The molecule has 1 aromatic rings. The molecule has 0 saturated heterocycles. The summed E-state index contributed by atoms with van der Waals surface area (Å²) in [5.74, 6) is 0. The predicted octanol–water partition coefficient (Wildman–Crippen LogP) is -2.44. The third-order valence-electron chi connectivity index (χ3n) is 4.17. The number of pyridine rings is 1. The fourth-order valence-electron chi connectivity index (χ4n) is 2.84. The SMILES string of the molecule is O=c1ccc2cc3c(=O)[nH]c(=O)[nH]c3n(C[C@@H](O)[C@@H](O)[C@@H](O)CO)c-2c1. The van der Waals surface area contributed by atoms with Crippen LogP contribution >= 0.6 is 0 Å². The highest BCUT2D eigenvalue weighted by molar-refractivity contribution is 5.82. The van der Waals surface area contributed by atoms with Crippen molar-refractivity contribution in [1.82, 2.24) is 14.5 Å². The molecule has 3 atom stereocenters. The van der Waals surface area contributed by atoms with E-state index in [4.69, 9.17) is 5.11 Å². The highest BCUT2D eigenvalue weighted by Crippen LogP contribution is 2.25. The summed E-state index contributed by atoms with van der Waals surface area (Å²) in [5.41, 5.74) is -0.907. The van der Waals surface area contributed by atoms with Crippen molar-refractivity contribution in [2.75, 3.05) is 6.61 Å². The molecule has 0 aromatic carbocycles. The number of hydrogen-bond donors (Lipinski definition) is 6. The Morgan fingerprint density at radius 3 is 2.42 bits per heavy atom. The van der Waals surface area contributed by atoms with Gasteiger partial charge in [-0.05, 0) is 23.8 Å². The van der Waals surface area contributed by atoms with Crippen molar-refractivity contribution < 1.29 is 20.4 Å². The lowest BCUT2D eigenvalue weighted by molar-refractivity contribution is -0.0802. The van der Waals surface area contributed by atoms with Gasteiger partial charge in [-0.3, -0.25) is 19.6 Å². The molecule has 2 heterocycles. The van der Waals surface area contributed by atoms with Gasteiger partial charge in [0, 0.05) is 6.07 Å². The fraction of sp³-hybridized carbons (Fsp3) is 0.312. The predicted molar refractivity (Wildman–Crippen MR) is 91.2 cm³/mol. The van der Waals surface area contributed by atoms with Gasteiger partial charge in [0.25, 0.3) is 5.56 Å². The van der Waals surface area contributed by atoms with Crippen LogP contribution in [0.2, 0.25) is 0 Å². The van der Waals surface area contributed by atoms with Gasteiger partial charge in [-0.15, -0.1) is 0 Å². The number of hydrogen-bond acceptors (Lipinski definition) is 7. The molecular formula is C16H17N3O7. The van der Waals surface area contributed by atoms with Crippen LogP contribution in [-0.2, 0) is 6.54 Å². The minimum Gasteiger partial charge on any atom is -0.394 e. The standard InChI is InChI=1S/C16H17N3O7/c20-6-12(23)13(24)11(22)5-19-10-4-8(21)2-1-7(10)3-9-14(19)17-16(26)18-15(9)25/h1-4,11-13,20,22-24H,5-6H2,(H2,17,18,25,26)/t11-,12+,13-/m1/s1. The molecule has 0 radical (unpaired) electrons. The van der Waals surface area contributed by atoms with Crippen LogP contribution in [0.4, 0.5) is 0 Å². The number of aliphatic hydroxyl groups is 4. The Morgan fingerprint density at radius 1 is 1.00 bits per heavy atom. The van der Waals surface area contributed by atoms with Crippen molar-refractivity contribution >= 4 is 11.0 Å². The van der Waals surface area contributed by atoms with Crippen LogP contribution in [0.5, 0.6) is 0 Å². The highest BCUT2D eigenvalue weighted by Gasteiger charge is 2.26. The number of benzene rings is 1. The highest BCUT2D eigenvalue weighted by atomic mass is 16.4. The molecule has 2 aliphatic rings. The third kappa shape index (κ3) is 3.18. The average Bonchev–Trinajstić information content (AvgIpc) is 2.61. The van der Waals surface area contributed by atoms with Crippen molar-refractivity contribution in [2.24, 2.45) is 0 Å². The second-order valence-corrected chi connectivity index (χ2v) is 5.95. The zero-order chi connectivity index (χ0) is 19.0. The Balaban J connectivity index is 2.26. The van der Waals surface area contributed by atoms with E-state index in [-0.39, 0.29) is 23.0 Å². The summed E-state index contributed by atoms with van der Waals surface area (Å²) >= 11 is 0. The number of aromatic nitrogens is 3. The summed E-state index contributed by atoms with van der Waals surface area (Å²) in [6, 6.07) is 5.54. The molecule has 0 unspecified atom stereocenters. The summed E-state index contributed by atoms with van der Waals surface area (Å²) in [6.07, 6.45) is -4.81. The first kappa shape index (κ1) is 18.0. The third-order valence-corrected chi connectivity index (χ3v) is 4.17. The molecule has 0 amide bonds. The lowest BCUT2D eigenvalue weighted by atomic mass is 10.0. The zero-order valence-corrected chi connectivity index (χ0v) is 13.4. The molecule has 1 aliphatic heterocycles. The monoisotopic (exact) mass is 363 g/mol. The fourth-order valence-corrected chi connectivity index (χ4v) is 2.84. The van der Waals surface area contributed by atoms with Gasteiger partial charge < -0.3 is 25.0 Å². The molecule has 0 saturated carbocycles. The van der Waals surface area contributed by atoms with E-state index in [0.717, 1.165) is 0 Å². The molecule has 10 heteroatoms. The van der Waals surface area contributed by atoms with E-state index in [9.17, 15) is 29.7 Å². The van der Waals surface area contributed by atoms with Crippen molar-refractivity contribution in [2.45, 2.75) is 24.9 Å². The van der Waals surface area contributed by atoms with Gasteiger partial charge in [0.2, 0.25) is 0 Å². The van der Waals surface area contributed by atoms with Crippen LogP contribution in [0.1, 0.15) is 0 Å². The minimum absolute atomic E-state index is 0.0431. The van der Waals surface area contributed by atoms with Gasteiger partial charge >= 0.3 is 5.69 Å². The zero-order valence-electron chi connectivity index (χ0n) is 13.4. The Morgan fingerprint density at radius 2 is 1.73 bits per heavy atom. The van der Waals surface area contributed by atoms with Gasteiger partial charge in [-0.1, -0.05) is 0 Å². The van der Waals surface area contributed by atoms with E-state index < -0.39 is 36.2 Å². The van der Waals surface area contributed by atoms with Crippen molar-refractivity contribution in [3.8, 4) is 11.3 Å². The topological polar surface area (TPSA) is 169 Å². The number of nitrogens with zero attached hydrogens (tertiary/aromatic N) is 1. The largest absolute Gasteiger partial charge is 0.394 e. The first-order valence-electron chi connectivity index (χ1n) is 7.77. The van der Waals surface area contributed by atoms with Crippen molar-refractivity contribution in [3.63, 3.8) is 0 Å². The van der Waals surface area contributed by atoms with Crippen LogP contribution in [0, 0.1) is 0 Å². The Hall–Kier alpha value is -2.79. The van der Waals surface area contributed by atoms with Crippen molar-refractivity contribution in [1.29, 1.82) is 0 Å². The molecule has 1 aromatic heterocycles. The molecule has 10 nitrogen and oxygen atoms in total. The van der Waals surface area contributed by atoms with E-state index in [1.807, 2.05) is 0 Å². The summed E-state index contributed by atoms with van der Waals surface area (Å²) < 4.78 is 1.31. The number of aliphatic hydroxyl groups excluding tert-OH is 4. The Bertz CT molecular complexity index is 1080. The summed E-state index contributed by atoms with van der Waals surface area (Å²) in [7, 11) is 0. The number of H-pyrrole nitrogens is 2. The molecule has 1 aliphatic carbocycles. The van der Waals surface area contributed by atoms with Crippen molar-refractivity contribution in [3.05, 3.63) is 55.3 Å². The van der Waals surface area contributed by atoms with Gasteiger partial charge in [0.15, 0.2) is 5.43 Å². The molecular weight excluding hydrogens is 346 g/mol. The normalized spacial score (nSPS) is 15.2. The molecule has 0 bridgehead atoms. The van der Waals surface area contributed by atoms with Crippen LogP contribution < -0.4 is 16.7 Å². The molecule has 0 spiro atoms.